The highest BCUT2D eigenvalue weighted by molar-refractivity contribution is 5.05. The van der Waals surface area contributed by atoms with Crippen LogP contribution in [0, 0.1) is 17.2 Å². The van der Waals surface area contributed by atoms with Gasteiger partial charge in [0.25, 0.3) is 0 Å². The fourth-order valence-corrected chi connectivity index (χ4v) is 0.544. The highest BCUT2D eigenvalue weighted by Crippen LogP contribution is 2.09. The molecule has 0 radical (unpaired) electrons. The van der Waals surface area contributed by atoms with Crippen LogP contribution in [0.5, 0.6) is 0 Å². The SMILES string of the molecule is N#C/C=C/C1COC1. The summed E-state index contributed by atoms with van der Waals surface area (Å²) in [5.74, 6) is 0.509. The molecule has 0 atom stereocenters. The molecule has 0 N–H and O–H groups in total. The third-order valence-corrected chi connectivity index (χ3v) is 1.11. The fraction of sp³-hybridized carbons (Fsp3) is 0.500. The van der Waals surface area contributed by atoms with Gasteiger partial charge in [-0.2, -0.15) is 5.26 Å². The summed E-state index contributed by atoms with van der Waals surface area (Å²) >= 11 is 0. The Bertz CT molecular complexity index is 130. The number of hydrogen-bond acceptors (Lipinski definition) is 2. The average Bonchev–Trinajstić information content (AvgIpc) is 1.63. The highest BCUT2D eigenvalue weighted by Gasteiger charge is 2.13. The van der Waals surface area contributed by atoms with E-state index in [-0.39, 0.29) is 0 Å². The van der Waals surface area contributed by atoms with Gasteiger partial charge in [-0.15, -0.1) is 0 Å². The Kier molecular flexibility index (Phi) is 1.66. The van der Waals surface area contributed by atoms with Gasteiger partial charge in [0.15, 0.2) is 0 Å². The molecule has 1 aliphatic heterocycles. The van der Waals surface area contributed by atoms with E-state index < -0.39 is 0 Å². The van der Waals surface area contributed by atoms with Gasteiger partial charge in [-0.1, -0.05) is 6.08 Å². The van der Waals surface area contributed by atoms with Gasteiger partial charge in [0.05, 0.1) is 19.3 Å². The van der Waals surface area contributed by atoms with Crippen molar-refractivity contribution in [3.63, 3.8) is 0 Å². The maximum atomic E-state index is 8.06. The first kappa shape index (κ1) is 5.33. The van der Waals surface area contributed by atoms with Crippen LogP contribution in [0.25, 0.3) is 0 Å². The first-order valence-corrected chi connectivity index (χ1v) is 2.57. The molecular formula is C6H7NO. The Morgan fingerprint density at radius 2 is 2.38 bits per heavy atom. The Hall–Kier alpha value is -0.810. The van der Waals surface area contributed by atoms with Crippen molar-refractivity contribution in [3.05, 3.63) is 12.2 Å². The summed E-state index contributed by atoms with van der Waals surface area (Å²) in [5.41, 5.74) is 0. The largest absolute Gasteiger partial charge is 0.380 e. The number of rotatable bonds is 1. The lowest BCUT2D eigenvalue weighted by Gasteiger charge is -2.21. The van der Waals surface area contributed by atoms with Gasteiger partial charge in [-0.25, -0.2) is 0 Å². The molecule has 42 valence electrons. The zero-order valence-electron chi connectivity index (χ0n) is 4.50. The first-order chi connectivity index (χ1) is 3.93. The molecule has 1 aliphatic rings. The Labute approximate surface area is 48.4 Å². The molecule has 1 heterocycles. The van der Waals surface area contributed by atoms with Crippen molar-refractivity contribution < 1.29 is 4.74 Å². The molecule has 1 saturated heterocycles. The van der Waals surface area contributed by atoms with Gasteiger partial charge in [-0.3, -0.25) is 0 Å². The summed E-state index contributed by atoms with van der Waals surface area (Å²) in [4.78, 5) is 0. The number of hydrogen-bond donors (Lipinski definition) is 0. The second-order valence-electron chi connectivity index (χ2n) is 1.79. The minimum absolute atomic E-state index is 0.509. The zero-order chi connectivity index (χ0) is 5.82. The molecule has 0 aromatic rings. The smallest absolute Gasteiger partial charge is 0.0908 e. The summed E-state index contributed by atoms with van der Waals surface area (Å²) in [6.07, 6.45) is 3.39. The van der Waals surface area contributed by atoms with Gasteiger partial charge >= 0.3 is 0 Å². The summed E-state index contributed by atoms with van der Waals surface area (Å²) in [6.45, 7) is 1.58. The molecule has 0 amide bonds. The van der Waals surface area contributed by atoms with Crippen LogP contribution in [0.1, 0.15) is 0 Å². The standard InChI is InChI=1S/C6H7NO/c7-3-1-2-6-4-8-5-6/h1-2,6H,4-5H2/b2-1+. The van der Waals surface area contributed by atoms with E-state index in [1.54, 1.807) is 0 Å². The van der Waals surface area contributed by atoms with Crippen molar-refractivity contribution >= 4 is 0 Å². The molecule has 0 unspecified atom stereocenters. The predicted molar refractivity (Wildman–Crippen MR) is 29.1 cm³/mol. The van der Waals surface area contributed by atoms with E-state index >= 15 is 0 Å². The molecule has 0 bridgehead atoms. The van der Waals surface area contributed by atoms with Crippen LogP contribution in [0.15, 0.2) is 12.2 Å². The van der Waals surface area contributed by atoms with Crippen molar-refractivity contribution in [1.29, 1.82) is 5.26 Å². The van der Waals surface area contributed by atoms with Crippen LogP contribution in [0.3, 0.4) is 0 Å². The van der Waals surface area contributed by atoms with Crippen LogP contribution in [-0.2, 0) is 4.74 Å². The van der Waals surface area contributed by atoms with E-state index in [0.29, 0.717) is 5.92 Å². The van der Waals surface area contributed by atoms with Crippen molar-refractivity contribution in [2.75, 3.05) is 13.2 Å². The lowest BCUT2D eigenvalue weighted by molar-refractivity contribution is -0.00764. The molecule has 0 aliphatic carbocycles. The minimum atomic E-state index is 0.509. The topological polar surface area (TPSA) is 33.0 Å². The first-order valence-electron chi connectivity index (χ1n) is 2.57. The van der Waals surface area contributed by atoms with E-state index in [1.807, 2.05) is 12.1 Å². The lowest BCUT2D eigenvalue weighted by atomic mass is 10.1. The summed E-state index contributed by atoms with van der Waals surface area (Å²) in [7, 11) is 0. The van der Waals surface area contributed by atoms with Crippen molar-refractivity contribution in [3.8, 4) is 6.07 Å². The number of nitrogens with zero attached hydrogens (tertiary/aromatic N) is 1. The molecule has 2 nitrogen and oxygen atoms in total. The van der Waals surface area contributed by atoms with Crippen LogP contribution in [0.4, 0.5) is 0 Å². The third-order valence-electron chi connectivity index (χ3n) is 1.11. The molecule has 2 heteroatoms. The maximum Gasteiger partial charge on any atom is 0.0908 e. The van der Waals surface area contributed by atoms with E-state index in [4.69, 9.17) is 10.00 Å². The van der Waals surface area contributed by atoms with E-state index in [2.05, 4.69) is 0 Å². The maximum absolute atomic E-state index is 8.06. The molecule has 0 aromatic heterocycles. The quantitative estimate of drug-likeness (QED) is 0.464. The van der Waals surface area contributed by atoms with Gasteiger partial charge in [-0.05, 0) is 0 Å². The molecule has 8 heavy (non-hydrogen) atoms. The predicted octanol–water partition coefficient (Wildman–Crippen LogP) is 0.713. The number of ether oxygens (including phenoxy) is 1. The van der Waals surface area contributed by atoms with Crippen LogP contribution >= 0.6 is 0 Å². The third kappa shape index (κ3) is 1.08. The summed E-state index contributed by atoms with van der Waals surface area (Å²) in [6, 6.07) is 1.93. The summed E-state index contributed by atoms with van der Waals surface area (Å²) < 4.78 is 4.87. The van der Waals surface area contributed by atoms with Crippen LogP contribution < -0.4 is 0 Å². The molecular weight excluding hydrogens is 102 g/mol. The zero-order valence-corrected chi connectivity index (χ0v) is 4.50. The fourth-order valence-electron chi connectivity index (χ4n) is 0.544. The lowest BCUT2D eigenvalue weighted by Crippen LogP contribution is -2.24. The molecule has 1 fully saturated rings. The van der Waals surface area contributed by atoms with Crippen molar-refractivity contribution in [2.45, 2.75) is 0 Å². The van der Waals surface area contributed by atoms with Crippen LogP contribution in [0.2, 0.25) is 0 Å². The molecule has 0 saturated carbocycles. The van der Waals surface area contributed by atoms with E-state index in [9.17, 15) is 0 Å². The Balaban J connectivity index is 2.20. The van der Waals surface area contributed by atoms with Crippen molar-refractivity contribution in [1.82, 2.24) is 0 Å². The Morgan fingerprint density at radius 1 is 1.62 bits per heavy atom. The van der Waals surface area contributed by atoms with E-state index in [0.717, 1.165) is 13.2 Å². The molecule has 1 rings (SSSR count). The monoisotopic (exact) mass is 109 g/mol. The second-order valence-corrected chi connectivity index (χ2v) is 1.79. The minimum Gasteiger partial charge on any atom is -0.380 e. The number of nitriles is 1. The van der Waals surface area contributed by atoms with E-state index in [1.165, 1.54) is 6.08 Å². The normalized spacial score (nSPS) is 20.4. The Morgan fingerprint density at radius 3 is 2.75 bits per heavy atom. The van der Waals surface area contributed by atoms with Crippen molar-refractivity contribution in [2.24, 2.45) is 5.92 Å². The molecule has 0 aromatic carbocycles. The van der Waals surface area contributed by atoms with Gasteiger partial charge in [0.2, 0.25) is 0 Å². The summed E-state index contributed by atoms with van der Waals surface area (Å²) in [5, 5.41) is 8.06. The molecule has 0 spiro atoms. The van der Waals surface area contributed by atoms with Crippen LogP contribution in [-0.4, -0.2) is 13.2 Å². The number of allylic oxidation sites excluding steroid dienone is 1. The van der Waals surface area contributed by atoms with Gasteiger partial charge in [0.1, 0.15) is 0 Å². The van der Waals surface area contributed by atoms with Gasteiger partial charge in [0, 0.05) is 12.0 Å². The van der Waals surface area contributed by atoms with Gasteiger partial charge < -0.3 is 4.74 Å². The average molecular weight is 109 g/mol. The highest BCUT2D eigenvalue weighted by atomic mass is 16.5. The second kappa shape index (κ2) is 2.49.